The van der Waals surface area contributed by atoms with Crippen LogP contribution >= 0.6 is 11.3 Å². The van der Waals surface area contributed by atoms with Crippen molar-refractivity contribution in [1.82, 2.24) is 9.80 Å². The molecule has 1 aromatic rings. The minimum atomic E-state index is 0.485. The van der Waals surface area contributed by atoms with Gasteiger partial charge >= 0.3 is 0 Å². The zero-order valence-electron chi connectivity index (χ0n) is 14.3. The Balaban J connectivity index is 1.66. The van der Waals surface area contributed by atoms with Gasteiger partial charge in [0.15, 0.2) is 0 Å². The fourth-order valence-corrected chi connectivity index (χ4v) is 5.12. The Hall–Kier alpha value is -0.420. The number of nitrogens with zero attached hydrogens (tertiary/aromatic N) is 2. The van der Waals surface area contributed by atoms with Crippen molar-refractivity contribution in [3.8, 4) is 0 Å². The molecule has 2 saturated heterocycles. The van der Waals surface area contributed by atoms with Crippen LogP contribution in [0.25, 0.3) is 0 Å². The van der Waals surface area contributed by atoms with E-state index in [2.05, 4.69) is 41.2 Å². The van der Waals surface area contributed by atoms with Gasteiger partial charge in [0.25, 0.3) is 0 Å². The molecule has 4 heteroatoms. The first-order valence-electron chi connectivity index (χ1n) is 8.61. The summed E-state index contributed by atoms with van der Waals surface area (Å²) < 4.78 is 5.57. The summed E-state index contributed by atoms with van der Waals surface area (Å²) in [5.74, 6) is 0.701. The van der Waals surface area contributed by atoms with E-state index in [-0.39, 0.29) is 0 Å². The van der Waals surface area contributed by atoms with Crippen LogP contribution in [0.4, 0.5) is 0 Å². The van der Waals surface area contributed by atoms with E-state index in [9.17, 15) is 0 Å². The van der Waals surface area contributed by atoms with E-state index in [1.165, 1.54) is 43.9 Å². The van der Waals surface area contributed by atoms with Crippen LogP contribution < -0.4 is 0 Å². The third kappa shape index (κ3) is 3.40. The van der Waals surface area contributed by atoms with E-state index in [0.717, 1.165) is 13.2 Å². The van der Waals surface area contributed by atoms with E-state index in [1.807, 2.05) is 18.4 Å². The van der Waals surface area contributed by atoms with Gasteiger partial charge in [-0.25, -0.2) is 0 Å². The molecule has 0 N–H and O–H groups in total. The van der Waals surface area contributed by atoms with Gasteiger partial charge in [-0.05, 0) is 56.6 Å². The first-order valence-corrected chi connectivity index (χ1v) is 9.49. The lowest BCUT2D eigenvalue weighted by molar-refractivity contribution is 0.0281. The lowest BCUT2D eigenvalue weighted by Gasteiger charge is -2.44. The molecule has 0 radical (unpaired) electrons. The zero-order valence-corrected chi connectivity index (χ0v) is 15.1. The maximum Gasteiger partial charge on any atom is 0.0508 e. The Morgan fingerprint density at radius 3 is 2.73 bits per heavy atom. The molecule has 1 atom stereocenters. The van der Waals surface area contributed by atoms with Crippen molar-refractivity contribution in [2.45, 2.75) is 39.3 Å². The van der Waals surface area contributed by atoms with E-state index >= 15 is 0 Å². The lowest BCUT2D eigenvalue weighted by atomic mass is 9.71. The van der Waals surface area contributed by atoms with E-state index in [1.54, 1.807) is 0 Å². The third-order valence-electron chi connectivity index (χ3n) is 5.73. The number of rotatable bonds is 5. The number of hydrogen-bond acceptors (Lipinski definition) is 4. The standard InChI is InChI=1S/C18H30N2OS/c1-15(2)20-8-6-18(7-9-20)14-19(11-16(18)13-21-3)12-17-5-4-10-22-17/h4-5,10,15-16H,6-9,11-14H2,1-3H3/t16-/m0/s1. The second-order valence-electron chi connectivity index (χ2n) is 7.39. The SMILES string of the molecule is COC[C@@H]1CN(Cc2cccs2)CC12CCN(C(C)C)CC2. The van der Waals surface area contributed by atoms with Gasteiger partial charge < -0.3 is 9.64 Å². The van der Waals surface area contributed by atoms with E-state index in [4.69, 9.17) is 4.74 Å². The van der Waals surface area contributed by atoms with Crippen LogP contribution in [0.3, 0.4) is 0 Å². The molecular weight excluding hydrogens is 292 g/mol. The summed E-state index contributed by atoms with van der Waals surface area (Å²) in [7, 11) is 1.86. The minimum Gasteiger partial charge on any atom is -0.384 e. The van der Waals surface area contributed by atoms with Crippen LogP contribution in [0, 0.1) is 11.3 Å². The highest BCUT2D eigenvalue weighted by atomic mass is 32.1. The third-order valence-corrected chi connectivity index (χ3v) is 6.60. The Morgan fingerprint density at radius 2 is 2.14 bits per heavy atom. The molecule has 1 aromatic heterocycles. The van der Waals surface area contributed by atoms with Crippen molar-refractivity contribution >= 4 is 11.3 Å². The molecule has 2 aliphatic rings. The second-order valence-corrected chi connectivity index (χ2v) is 8.43. The molecule has 3 rings (SSSR count). The lowest BCUT2D eigenvalue weighted by Crippen LogP contribution is -2.47. The van der Waals surface area contributed by atoms with Gasteiger partial charge in [0.1, 0.15) is 0 Å². The summed E-state index contributed by atoms with van der Waals surface area (Å²) in [4.78, 5) is 6.80. The highest BCUT2D eigenvalue weighted by molar-refractivity contribution is 7.09. The van der Waals surface area contributed by atoms with Gasteiger partial charge in [-0.2, -0.15) is 0 Å². The van der Waals surface area contributed by atoms with Gasteiger partial charge in [0.2, 0.25) is 0 Å². The summed E-state index contributed by atoms with van der Waals surface area (Å²) in [6, 6.07) is 5.11. The Labute approximate surface area is 139 Å². The predicted octanol–water partition coefficient (Wildman–Crippen LogP) is 3.32. The number of likely N-dealkylation sites (tertiary alicyclic amines) is 2. The molecular formula is C18H30N2OS. The summed E-state index contributed by atoms with van der Waals surface area (Å²) in [6.07, 6.45) is 2.67. The molecule has 22 heavy (non-hydrogen) atoms. The normalized spacial score (nSPS) is 26.3. The van der Waals surface area contributed by atoms with Gasteiger partial charge in [0.05, 0.1) is 6.61 Å². The van der Waals surface area contributed by atoms with Crippen LogP contribution in [0.1, 0.15) is 31.6 Å². The van der Waals surface area contributed by atoms with Crippen molar-refractivity contribution in [3.63, 3.8) is 0 Å². The topological polar surface area (TPSA) is 15.7 Å². The number of ether oxygens (including phenoxy) is 1. The average molecular weight is 323 g/mol. The maximum atomic E-state index is 5.57. The molecule has 0 amide bonds. The second kappa shape index (κ2) is 7.00. The molecule has 0 aromatic carbocycles. The van der Waals surface area contributed by atoms with Gasteiger partial charge in [-0.15, -0.1) is 11.3 Å². The molecule has 0 unspecified atom stereocenters. The summed E-state index contributed by atoms with van der Waals surface area (Å²) in [6.45, 7) is 11.6. The Kier molecular flexibility index (Phi) is 5.23. The monoisotopic (exact) mass is 322 g/mol. The zero-order chi connectivity index (χ0) is 15.6. The molecule has 0 bridgehead atoms. The first kappa shape index (κ1) is 16.4. The smallest absolute Gasteiger partial charge is 0.0508 e. The van der Waals surface area contributed by atoms with Crippen LogP contribution in [-0.2, 0) is 11.3 Å². The molecule has 0 aliphatic carbocycles. The largest absolute Gasteiger partial charge is 0.384 e. The fraction of sp³-hybridized carbons (Fsp3) is 0.778. The Bertz CT molecular complexity index is 452. The average Bonchev–Trinajstić information content (AvgIpc) is 3.10. The molecule has 0 saturated carbocycles. The maximum absolute atomic E-state index is 5.57. The van der Waals surface area contributed by atoms with Crippen molar-refractivity contribution in [2.24, 2.45) is 11.3 Å². The molecule has 2 aliphatic heterocycles. The summed E-state index contributed by atoms with van der Waals surface area (Å²) in [5, 5.41) is 2.19. The highest BCUT2D eigenvalue weighted by Gasteiger charge is 2.47. The fourth-order valence-electron chi connectivity index (χ4n) is 4.37. The van der Waals surface area contributed by atoms with Crippen LogP contribution in [0.2, 0.25) is 0 Å². The Morgan fingerprint density at radius 1 is 1.36 bits per heavy atom. The van der Waals surface area contributed by atoms with E-state index < -0.39 is 0 Å². The number of piperidine rings is 1. The summed E-state index contributed by atoms with van der Waals surface area (Å²) in [5.41, 5.74) is 0.485. The van der Waals surface area contributed by atoms with Crippen molar-refractivity contribution in [3.05, 3.63) is 22.4 Å². The molecule has 3 nitrogen and oxygen atoms in total. The van der Waals surface area contributed by atoms with Crippen LogP contribution in [0.15, 0.2) is 17.5 Å². The van der Waals surface area contributed by atoms with Crippen molar-refractivity contribution in [1.29, 1.82) is 0 Å². The first-order chi connectivity index (χ1) is 10.6. The predicted molar refractivity (Wildman–Crippen MR) is 93.3 cm³/mol. The number of thiophene rings is 1. The molecule has 124 valence electrons. The van der Waals surface area contributed by atoms with Crippen LogP contribution in [-0.4, -0.2) is 55.7 Å². The van der Waals surface area contributed by atoms with E-state index in [0.29, 0.717) is 17.4 Å². The van der Waals surface area contributed by atoms with Crippen molar-refractivity contribution in [2.75, 3.05) is 39.9 Å². The molecule has 2 fully saturated rings. The van der Waals surface area contributed by atoms with Crippen molar-refractivity contribution < 1.29 is 4.74 Å². The number of hydrogen-bond donors (Lipinski definition) is 0. The molecule has 1 spiro atoms. The van der Waals surface area contributed by atoms with Gasteiger partial charge in [-0.1, -0.05) is 6.07 Å². The van der Waals surface area contributed by atoms with Gasteiger partial charge in [-0.3, -0.25) is 4.90 Å². The highest BCUT2D eigenvalue weighted by Crippen LogP contribution is 2.45. The molecule has 3 heterocycles. The quantitative estimate of drug-likeness (QED) is 0.827. The minimum absolute atomic E-state index is 0.485. The number of methoxy groups -OCH3 is 1. The summed E-state index contributed by atoms with van der Waals surface area (Å²) >= 11 is 1.88. The van der Waals surface area contributed by atoms with Gasteiger partial charge in [0, 0.05) is 43.6 Å². The van der Waals surface area contributed by atoms with Crippen LogP contribution in [0.5, 0.6) is 0 Å².